The Kier molecular flexibility index (Phi) is 25.6. The topological polar surface area (TPSA) is 109 Å². The van der Waals surface area contributed by atoms with E-state index in [4.69, 9.17) is 13.4 Å². The number of oxazole rings is 2. The number of imidazole rings is 3. The zero-order valence-corrected chi connectivity index (χ0v) is 47.3. The van der Waals surface area contributed by atoms with Gasteiger partial charge >= 0.3 is 5.84 Å². The molecule has 0 spiro atoms. The van der Waals surface area contributed by atoms with E-state index in [9.17, 15) is 0 Å². The molecule has 0 aliphatic rings. The molecule has 11 nitrogen and oxygen atoms in total. The van der Waals surface area contributed by atoms with Crippen LogP contribution < -0.4 is 0 Å². The van der Waals surface area contributed by atoms with Gasteiger partial charge in [0.05, 0.1) is 42.4 Å². The molecule has 56 heavy (non-hydrogen) atoms. The van der Waals surface area contributed by atoms with Crippen molar-refractivity contribution in [3.05, 3.63) is 126 Å². The number of hydrogen-bond donors (Lipinski definition) is 0. The van der Waals surface area contributed by atoms with Crippen LogP contribution in [0.25, 0.3) is 22.2 Å². The van der Waals surface area contributed by atoms with Gasteiger partial charge in [0.1, 0.15) is 18.8 Å². The van der Waals surface area contributed by atoms with Crippen LogP contribution in [0, 0.1) is 29.7 Å². The maximum atomic E-state index is 5.32. The van der Waals surface area contributed by atoms with Gasteiger partial charge in [0.2, 0.25) is 5.71 Å². The van der Waals surface area contributed by atoms with Crippen LogP contribution in [0.3, 0.4) is 0 Å². The van der Waals surface area contributed by atoms with Gasteiger partial charge in [-0.1, -0.05) is 83.1 Å². The Labute approximate surface area is 393 Å². The van der Waals surface area contributed by atoms with E-state index in [2.05, 4.69) is 119 Å². The third-order valence-corrected chi connectivity index (χ3v) is 8.44. The van der Waals surface area contributed by atoms with E-state index in [1.54, 1.807) is 39.2 Å². The van der Waals surface area contributed by atoms with E-state index in [1.807, 2.05) is 47.6 Å². The van der Waals surface area contributed by atoms with Gasteiger partial charge in [0.25, 0.3) is 0 Å². The van der Waals surface area contributed by atoms with Crippen LogP contribution in [0.15, 0.2) is 87.0 Å². The summed E-state index contributed by atoms with van der Waals surface area (Å²) >= 11 is 1.68. The second-order valence-corrected chi connectivity index (χ2v) is 16.7. The minimum atomic E-state index is 0. The molecule has 0 aliphatic heterocycles. The first-order chi connectivity index (χ1) is 22.4. The predicted molar refractivity (Wildman–Crippen MR) is 216 cm³/mol. The van der Waals surface area contributed by atoms with Gasteiger partial charge in [-0.2, -0.15) is 9.67 Å². The molecule has 4 radical (unpaired) electrons. The van der Waals surface area contributed by atoms with E-state index in [-0.39, 0.29) is 133 Å². The first-order valence-corrected chi connectivity index (χ1v) is 16.9. The molecule has 8 heterocycles. The summed E-state index contributed by atoms with van der Waals surface area (Å²) < 4.78 is 23.4. The Morgan fingerprint density at radius 1 is 0.554 bits per heavy atom. The molecule has 0 saturated heterocycles. The van der Waals surface area contributed by atoms with Crippen molar-refractivity contribution in [3.63, 3.8) is 0 Å². The quantitative estimate of drug-likeness (QED) is 0.139. The summed E-state index contributed by atoms with van der Waals surface area (Å²) in [6.07, 6.45) is 18.3. The predicted octanol–water partition coefficient (Wildman–Crippen LogP) is 11.2. The second-order valence-electron chi connectivity index (χ2n) is 15.8. The van der Waals surface area contributed by atoms with Crippen molar-refractivity contribution >= 4 is 33.5 Å². The van der Waals surface area contributed by atoms with Crippen molar-refractivity contribution < 1.29 is 95.0 Å². The molecule has 316 valence electrons. The first kappa shape index (κ1) is 60.7. The Balaban J connectivity index is -0.000000307. The summed E-state index contributed by atoms with van der Waals surface area (Å²) in [5.41, 5.74) is 6.89. The third-order valence-electron chi connectivity index (χ3n) is 7.67. The number of rotatable bonds is 0. The Bertz CT molecular complexity index is 1910. The maximum Gasteiger partial charge on any atom is 0.305 e. The molecule has 0 aliphatic carbocycles. The average molecular weight is 1480 g/mol. The van der Waals surface area contributed by atoms with Crippen LogP contribution in [0.1, 0.15) is 106 Å². The molecule has 0 atom stereocenters. The molecule has 0 aromatic carbocycles. The number of aromatic nitrogens is 8. The van der Waals surface area contributed by atoms with Crippen LogP contribution in [0.4, 0.5) is 0 Å². The maximum absolute atomic E-state index is 5.32. The standard InChI is InChI=1S/3C9H12N2O.C9H12N2S.4CH3.4Re/c1-9(2,3)7-6-10-8-11(7)4-5-12-8;1-9(2,3)7-6-10-11-4-5-12-8(7)11;1-9(2,3)7-6-10-8-4-5-12-11(7)8;1-9(2,3)7-6-10-8-11(7)4-5-12-8;;;;;;;;/h4*4-6H,1-3H3;4*1H3;;;;/q;;;;4*-1;;;;. The molecule has 8 rings (SSSR count). The number of fused-ring (bicyclic) bond motifs is 4. The van der Waals surface area contributed by atoms with Crippen molar-refractivity contribution in [2.45, 2.75) is 105 Å². The minimum absolute atomic E-state index is 0. The summed E-state index contributed by atoms with van der Waals surface area (Å²) in [5.74, 6) is 0.667. The Hall–Kier alpha value is -1.93. The van der Waals surface area contributed by atoms with Gasteiger partial charge in [0.15, 0.2) is 10.6 Å². The molecule has 8 aromatic heterocycles. The zero-order valence-electron chi connectivity index (χ0n) is 35.7. The van der Waals surface area contributed by atoms with Gasteiger partial charge in [0, 0.05) is 133 Å². The summed E-state index contributed by atoms with van der Waals surface area (Å²) in [5, 5.41) is 6.24. The van der Waals surface area contributed by atoms with Gasteiger partial charge in [-0.25, -0.2) is 19.5 Å². The molecule has 0 amide bonds. The van der Waals surface area contributed by atoms with Crippen LogP contribution >= 0.6 is 11.3 Å². The molecule has 0 N–H and O–H groups in total. The summed E-state index contributed by atoms with van der Waals surface area (Å²) in [7, 11) is 0. The molecule has 8 aromatic rings. The minimum Gasteiger partial charge on any atom is -0.445 e. The molecular formula is C40H60N8O3Re4S-4. The van der Waals surface area contributed by atoms with E-state index in [0.29, 0.717) is 5.84 Å². The Morgan fingerprint density at radius 2 is 1.09 bits per heavy atom. The van der Waals surface area contributed by atoms with Crippen LogP contribution in [0.2, 0.25) is 0 Å². The second kappa shape index (κ2) is 23.6. The molecular weight excluding hydrogens is 1420 g/mol. The number of hydrogen-bond acceptors (Lipinski definition) is 8. The van der Waals surface area contributed by atoms with Gasteiger partial charge in [-0.15, -0.1) is 11.3 Å². The monoisotopic (exact) mass is 1480 g/mol. The van der Waals surface area contributed by atoms with Crippen LogP contribution in [-0.4, -0.2) is 37.9 Å². The van der Waals surface area contributed by atoms with Crippen molar-refractivity contribution in [1.82, 2.24) is 37.9 Å². The first-order valence-electron chi connectivity index (χ1n) is 16.0. The van der Waals surface area contributed by atoms with Gasteiger partial charge < -0.3 is 43.1 Å². The smallest absolute Gasteiger partial charge is 0.305 e. The van der Waals surface area contributed by atoms with Gasteiger partial charge in [-0.3, -0.25) is 8.80 Å². The van der Waals surface area contributed by atoms with Crippen molar-refractivity contribution in [2.24, 2.45) is 0 Å². The van der Waals surface area contributed by atoms with Crippen molar-refractivity contribution in [3.8, 4) is 0 Å². The molecule has 0 saturated carbocycles. The molecule has 16 heteroatoms. The van der Waals surface area contributed by atoms with Gasteiger partial charge in [-0.05, 0) is 5.41 Å². The zero-order chi connectivity index (χ0) is 35.1. The normalized spacial score (nSPS) is 10.8. The summed E-state index contributed by atoms with van der Waals surface area (Å²) in [6, 6.07) is 1.86. The van der Waals surface area contributed by atoms with Crippen molar-refractivity contribution in [2.75, 3.05) is 0 Å². The fourth-order valence-corrected chi connectivity index (χ4v) is 5.72. The van der Waals surface area contributed by atoms with Crippen molar-refractivity contribution in [1.29, 1.82) is 0 Å². The van der Waals surface area contributed by atoms with Crippen LogP contribution in [0.5, 0.6) is 0 Å². The van der Waals surface area contributed by atoms with E-state index >= 15 is 0 Å². The SMILES string of the molecule is CC(C)(C)c1cnc2ccon12.CC(C)(C)c1cnc2occn12.CC(C)(C)c1cnc2sccn12.CC(C)(C)c1cnn2ccoc12.[CH3-].[CH3-].[CH3-].[CH3-].[Re].[Re].[Re].[Re]. The molecule has 0 unspecified atom stereocenters. The third kappa shape index (κ3) is 14.1. The largest absolute Gasteiger partial charge is 0.445 e. The summed E-state index contributed by atoms with van der Waals surface area (Å²) in [4.78, 5) is 13.8. The fraction of sp³-hybridized carbons (Fsp3) is 0.400. The fourth-order valence-electron chi connectivity index (χ4n) is 5.03. The average Bonchev–Trinajstić information content (AvgIpc) is 3.79. The van der Waals surface area contributed by atoms with Crippen LogP contribution in [-0.2, 0) is 103 Å². The number of nitrogens with zero attached hydrogens (tertiary/aromatic N) is 8. The number of thiazole rings is 1. The van der Waals surface area contributed by atoms with E-state index in [1.165, 1.54) is 11.4 Å². The summed E-state index contributed by atoms with van der Waals surface area (Å²) in [6.45, 7) is 25.9. The van der Waals surface area contributed by atoms with E-state index in [0.717, 1.165) is 27.6 Å². The van der Waals surface area contributed by atoms with E-state index < -0.39 is 0 Å². The molecule has 0 fully saturated rings. The Morgan fingerprint density at radius 3 is 1.66 bits per heavy atom. The molecule has 0 bridgehead atoms.